The Hall–Kier alpha value is -3.41. The van der Waals surface area contributed by atoms with Crippen molar-refractivity contribution < 1.29 is 17.6 Å². The van der Waals surface area contributed by atoms with E-state index in [4.69, 9.17) is 9.68 Å². The van der Waals surface area contributed by atoms with Gasteiger partial charge in [0.05, 0.1) is 35.9 Å². The van der Waals surface area contributed by atoms with Crippen LogP contribution in [0.2, 0.25) is 0 Å². The number of amides is 1. The molecule has 0 unspecified atom stereocenters. The van der Waals surface area contributed by atoms with Crippen LogP contribution in [0.25, 0.3) is 0 Å². The fraction of sp³-hybridized carbons (Fsp3) is 0.143. The first-order valence-corrected chi connectivity index (χ1v) is 10.2. The van der Waals surface area contributed by atoms with E-state index in [1.54, 1.807) is 36.4 Å². The molecule has 3 rings (SSSR count). The average Bonchev–Trinajstić information content (AvgIpc) is 3.26. The molecule has 148 valence electrons. The van der Waals surface area contributed by atoms with Gasteiger partial charge < -0.3 is 9.32 Å². The van der Waals surface area contributed by atoms with Crippen molar-refractivity contribution in [3.8, 4) is 6.07 Å². The predicted octanol–water partition coefficient (Wildman–Crippen LogP) is 3.01. The number of para-hydroxylation sites is 1. The summed E-state index contributed by atoms with van der Waals surface area (Å²) >= 11 is 0. The van der Waals surface area contributed by atoms with Crippen LogP contribution in [0, 0.1) is 11.3 Å². The molecule has 1 amide bonds. The second-order valence-electron chi connectivity index (χ2n) is 6.29. The Labute approximate surface area is 169 Å². The standard InChI is InChI=1S/C21H19N3O4S/c1-23(29(26,27)20-11-9-17(14-22)10-12-20)16-21(25)24(15-19-8-5-13-28-19)18-6-3-2-4-7-18/h2-13H,15-16H2,1H3. The number of hydrogen-bond donors (Lipinski definition) is 0. The number of sulfonamides is 1. The Morgan fingerprint density at radius 1 is 1.03 bits per heavy atom. The summed E-state index contributed by atoms with van der Waals surface area (Å²) in [5.74, 6) is 0.187. The first-order chi connectivity index (χ1) is 13.9. The number of nitrogens with zero attached hydrogens (tertiary/aromatic N) is 3. The Morgan fingerprint density at radius 3 is 2.31 bits per heavy atom. The van der Waals surface area contributed by atoms with E-state index >= 15 is 0 Å². The number of anilines is 1. The molecule has 0 bridgehead atoms. The normalized spacial score (nSPS) is 11.2. The first kappa shape index (κ1) is 20.3. The summed E-state index contributed by atoms with van der Waals surface area (Å²) < 4.78 is 31.9. The van der Waals surface area contributed by atoms with Crippen molar-refractivity contribution in [3.05, 3.63) is 84.3 Å². The summed E-state index contributed by atoms with van der Waals surface area (Å²) in [5, 5.41) is 8.87. The van der Waals surface area contributed by atoms with E-state index in [0.29, 0.717) is 17.0 Å². The van der Waals surface area contributed by atoms with E-state index in [9.17, 15) is 13.2 Å². The highest BCUT2D eigenvalue weighted by Crippen LogP contribution is 2.20. The molecule has 7 nitrogen and oxygen atoms in total. The number of furan rings is 1. The molecule has 0 radical (unpaired) electrons. The van der Waals surface area contributed by atoms with Crippen molar-refractivity contribution in [3.63, 3.8) is 0 Å². The molecule has 3 aromatic rings. The van der Waals surface area contributed by atoms with Gasteiger partial charge in [-0.25, -0.2) is 8.42 Å². The van der Waals surface area contributed by atoms with E-state index in [2.05, 4.69) is 0 Å². The summed E-state index contributed by atoms with van der Waals surface area (Å²) in [7, 11) is -2.54. The zero-order valence-corrected chi connectivity index (χ0v) is 16.5. The van der Waals surface area contributed by atoms with Gasteiger partial charge in [-0.05, 0) is 48.5 Å². The minimum atomic E-state index is -3.88. The number of hydrogen-bond acceptors (Lipinski definition) is 5. The fourth-order valence-electron chi connectivity index (χ4n) is 2.73. The first-order valence-electron chi connectivity index (χ1n) is 8.76. The molecule has 0 atom stereocenters. The van der Waals surface area contributed by atoms with Crippen LogP contribution < -0.4 is 4.90 Å². The van der Waals surface area contributed by atoms with Gasteiger partial charge in [-0.2, -0.15) is 9.57 Å². The third-order valence-corrected chi connectivity index (χ3v) is 6.13. The van der Waals surface area contributed by atoms with Crippen LogP contribution in [0.1, 0.15) is 11.3 Å². The second kappa shape index (κ2) is 8.73. The van der Waals surface area contributed by atoms with Crippen LogP contribution in [0.15, 0.2) is 82.3 Å². The largest absolute Gasteiger partial charge is 0.467 e. The Kier molecular flexibility index (Phi) is 6.12. The summed E-state index contributed by atoms with van der Waals surface area (Å²) in [4.78, 5) is 14.5. The highest BCUT2D eigenvalue weighted by Gasteiger charge is 2.26. The number of nitriles is 1. The van der Waals surface area contributed by atoms with Crippen molar-refractivity contribution in [1.82, 2.24) is 4.31 Å². The van der Waals surface area contributed by atoms with E-state index in [0.717, 1.165) is 4.31 Å². The maximum absolute atomic E-state index is 13.0. The summed E-state index contributed by atoms with van der Waals surface area (Å²) in [5.41, 5.74) is 0.995. The lowest BCUT2D eigenvalue weighted by atomic mass is 10.2. The average molecular weight is 409 g/mol. The van der Waals surface area contributed by atoms with Crippen LogP contribution in [-0.4, -0.2) is 32.2 Å². The van der Waals surface area contributed by atoms with Gasteiger partial charge in [0.15, 0.2) is 0 Å². The zero-order valence-electron chi connectivity index (χ0n) is 15.7. The van der Waals surface area contributed by atoms with Gasteiger partial charge in [0.25, 0.3) is 0 Å². The van der Waals surface area contributed by atoms with Crippen molar-refractivity contribution >= 4 is 21.6 Å². The third kappa shape index (κ3) is 4.71. The molecule has 0 saturated carbocycles. The third-order valence-electron chi connectivity index (χ3n) is 4.31. The van der Waals surface area contributed by atoms with Crippen molar-refractivity contribution in [1.29, 1.82) is 5.26 Å². The maximum atomic E-state index is 13.0. The molecule has 29 heavy (non-hydrogen) atoms. The zero-order chi connectivity index (χ0) is 20.9. The number of carbonyl (C=O) groups excluding carboxylic acids is 1. The summed E-state index contributed by atoms with van der Waals surface area (Å²) in [6, 6.07) is 20.0. The minimum absolute atomic E-state index is 0.0177. The van der Waals surface area contributed by atoms with Gasteiger partial charge >= 0.3 is 0 Å². The van der Waals surface area contributed by atoms with Crippen LogP contribution >= 0.6 is 0 Å². The highest BCUT2D eigenvalue weighted by atomic mass is 32.2. The van der Waals surface area contributed by atoms with Gasteiger partial charge in [0.1, 0.15) is 5.76 Å². The monoisotopic (exact) mass is 409 g/mol. The molecule has 0 N–H and O–H groups in total. The molecule has 0 aliphatic rings. The van der Waals surface area contributed by atoms with Gasteiger partial charge in [0.2, 0.25) is 15.9 Å². The SMILES string of the molecule is CN(CC(=O)N(Cc1ccco1)c1ccccc1)S(=O)(=O)c1ccc(C#N)cc1. The number of likely N-dealkylation sites (N-methyl/N-ethyl adjacent to an activating group) is 1. The van der Waals surface area contributed by atoms with Crippen LogP contribution in [0.5, 0.6) is 0 Å². The fourth-order valence-corrected chi connectivity index (χ4v) is 3.85. The van der Waals surface area contributed by atoms with Crippen LogP contribution in [-0.2, 0) is 21.4 Å². The van der Waals surface area contributed by atoms with Gasteiger partial charge in [0, 0.05) is 12.7 Å². The molecule has 0 spiro atoms. The molecular weight excluding hydrogens is 390 g/mol. The minimum Gasteiger partial charge on any atom is -0.467 e. The Bertz CT molecular complexity index is 1100. The number of carbonyl (C=O) groups is 1. The quantitative estimate of drug-likeness (QED) is 0.598. The van der Waals surface area contributed by atoms with Crippen LogP contribution in [0.3, 0.4) is 0 Å². The van der Waals surface area contributed by atoms with E-state index in [1.807, 2.05) is 12.1 Å². The molecule has 0 saturated heterocycles. The lowest BCUT2D eigenvalue weighted by Gasteiger charge is -2.25. The lowest BCUT2D eigenvalue weighted by Crippen LogP contribution is -2.41. The maximum Gasteiger partial charge on any atom is 0.243 e. The Balaban J connectivity index is 1.81. The molecule has 0 aliphatic heterocycles. The second-order valence-corrected chi connectivity index (χ2v) is 8.34. The molecule has 1 heterocycles. The van der Waals surface area contributed by atoms with Gasteiger partial charge in [-0.1, -0.05) is 18.2 Å². The smallest absolute Gasteiger partial charge is 0.243 e. The molecular formula is C21H19N3O4S. The molecule has 0 fully saturated rings. The van der Waals surface area contributed by atoms with E-state index in [-0.39, 0.29) is 18.0 Å². The Morgan fingerprint density at radius 2 is 1.72 bits per heavy atom. The number of benzene rings is 2. The lowest BCUT2D eigenvalue weighted by molar-refractivity contribution is -0.118. The van der Waals surface area contributed by atoms with Crippen molar-refractivity contribution in [2.24, 2.45) is 0 Å². The summed E-state index contributed by atoms with van der Waals surface area (Å²) in [6.45, 7) is -0.168. The molecule has 8 heteroatoms. The van der Waals surface area contributed by atoms with Gasteiger partial charge in [-0.3, -0.25) is 4.79 Å². The summed E-state index contributed by atoms with van der Waals surface area (Å²) in [6.07, 6.45) is 1.52. The van der Waals surface area contributed by atoms with Crippen LogP contribution in [0.4, 0.5) is 5.69 Å². The molecule has 2 aromatic carbocycles. The highest BCUT2D eigenvalue weighted by molar-refractivity contribution is 7.89. The van der Waals surface area contributed by atoms with Crippen molar-refractivity contribution in [2.75, 3.05) is 18.5 Å². The number of rotatable bonds is 7. The van der Waals surface area contributed by atoms with Gasteiger partial charge in [-0.15, -0.1) is 0 Å². The topological polar surface area (TPSA) is 94.6 Å². The van der Waals surface area contributed by atoms with E-state index < -0.39 is 15.9 Å². The molecule has 0 aliphatic carbocycles. The van der Waals surface area contributed by atoms with E-state index in [1.165, 1.54) is 42.5 Å². The van der Waals surface area contributed by atoms with Crippen molar-refractivity contribution in [2.45, 2.75) is 11.4 Å². The molecule has 1 aromatic heterocycles. The predicted molar refractivity (Wildman–Crippen MR) is 107 cm³/mol.